The molecular weight excluding hydrogens is 446 g/mol. The fourth-order valence-corrected chi connectivity index (χ4v) is 6.74. The molecule has 0 radical (unpaired) electrons. The first-order chi connectivity index (χ1) is 17.1. The standard InChI is InChI=1S/C27H35N3O5/c31-25-8-7-23(26(32)28-25)30-16-18-13-20(5-6-21(18)27(30)33)35-24-4-2-1-3-22(24)29-14-19(15-29)17-9-11-34-12-10-17/h5-6,13,17,19,22-24H,1-4,7-12,14-16H2,(H,28,31,32)/t22-,23?,24+/m0/s1. The van der Waals surface area contributed by atoms with Crippen LogP contribution in [0.25, 0.3) is 0 Å². The van der Waals surface area contributed by atoms with Gasteiger partial charge in [-0.3, -0.25) is 24.6 Å². The Bertz CT molecular complexity index is 1000. The first-order valence-corrected chi connectivity index (χ1v) is 13.3. The topological polar surface area (TPSA) is 88.2 Å². The van der Waals surface area contributed by atoms with Gasteiger partial charge >= 0.3 is 0 Å². The summed E-state index contributed by atoms with van der Waals surface area (Å²) in [6.45, 7) is 4.56. The smallest absolute Gasteiger partial charge is 0.255 e. The van der Waals surface area contributed by atoms with Crippen LogP contribution >= 0.6 is 0 Å². The largest absolute Gasteiger partial charge is 0.489 e. The van der Waals surface area contributed by atoms with Gasteiger partial charge in [-0.1, -0.05) is 6.42 Å². The molecule has 1 aromatic rings. The molecule has 8 nitrogen and oxygen atoms in total. The molecule has 1 N–H and O–H groups in total. The van der Waals surface area contributed by atoms with E-state index in [1.807, 2.05) is 18.2 Å². The van der Waals surface area contributed by atoms with Gasteiger partial charge < -0.3 is 14.4 Å². The van der Waals surface area contributed by atoms with Crippen LogP contribution in [0.2, 0.25) is 0 Å². The number of amides is 3. The van der Waals surface area contributed by atoms with Gasteiger partial charge in [-0.05, 0) is 74.1 Å². The molecule has 3 atom stereocenters. The summed E-state index contributed by atoms with van der Waals surface area (Å²) < 4.78 is 12.1. The van der Waals surface area contributed by atoms with Gasteiger partial charge in [0.25, 0.3) is 5.91 Å². The van der Waals surface area contributed by atoms with Crippen LogP contribution in [0.15, 0.2) is 18.2 Å². The average molecular weight is 482 g/mol. The van der Waals surface area contributed by atoms with Crippen molar-refractivity contribution in [2.75, 3.05) is 26.3 Å². The van der Waals surface area contributed by atoms with Crippen molar-refractivity contribution in [2.24, 2.45) is 11.8 Å². The molecule has 4 fully saturated rings. The van der Waals surface area contributed by atoms with Gasteiger partial charge in [0, 0.05) is 50.9 Å². The Hall–Kier alpha value is -2.45. The number of nitrogens with zero attached hydrogens (tertiary/aromatic N) is 2. The zero-order valence-electron chi connectivity index (χ0n) is 20.2. The predicted molar refractivity (Wildman–Crippen MR) is 128 cm³/mol. The van der Waals surface area contributed by atoms with Crippen molar-refractivity contribution in [2.45, 2.75) is 76.1 Å². The highest BCUT2D eigenvalue weighted by Gasteiger charge is 2.42. The molecule has 3 saturated heterocycles. The monoisotopic (exact) mass is 481 g/mol. The third-order valence-electron chi connectivity index (χ3n) is 8.79. The third kappa shape index (κ3) is 4.47. The van der Waals surface area contributed by atoms with Crippen molar-refractivity contribution in [1.29, 1.82) is 0 Å². The summed E-state index contributed by atoms with van der Waals surface area (Å²) in [6.07, 6.45) is 7.88. The summed E-state index contributed by atoms with van der Waals surface area (Å²) in [7, 11) is 0. The minimum atomic E-state index is -0.588. The lowest BCUT2D eigenvalue weighted by molar-refractivity contribution is -0.136. The number of piperidine rings is 1. The van der Waals surface area contributed by atoms with E-state index in [2.05, 4.69) is 10.2 Å². The van der Waals surface area contributed by atoms with Gasteiger partial charge in [-0.25, -0.2) is 0 Å². The van der Waals surface area contributed by atoms with Crippen LogP contribution < -0.4 is 10.1 Å². The maximum atomic E-state index is 13.0. The number of fused-ring (bicyclic) bond motifs is 1. The number of rotatable bonds is 5. The summed E-state index contributed by atoms with van der Waals surface area (Å²) in [5.74, 6) is 1.62. The summed E-state index contributed by atoms with van der Waals surface area (Å²) in [6, 6.07) is 5.58. The zero-order valence-corrected chi connectivity index (χ0v) is 20.2. The second-order valence-corrected chi connectivity index (χ2v) is 10.9. The second-order valence-electron chi connectivity index (χ2n) is 10.9. The Morgan fingerprint density at radius 3 is 2.54 bits per heavy atom. The molecule has 0 bridgehead atoms. The molecule has 0 aromatic heterocycles. The number of hydrogen-bond acceptors (Lipinski definition) is 6. The Kier molecular flexibility index (Phi) is 6.26. The number of nitrogens with one attached hydrogen (secondary N) is 1. The van der Waals surface area contributed by atoms with E-state index in [0.29, 0.717) is 24.6 Å². The highest BCUT2D eigenvalue weighted by Crippen LogP contribution is 2.37. The minimum Gasteiger partial charge on any atom is -0.489 e. The summed E-state index contributed by atoms with van der Waals surface area (Å²) in [5, 5.41) is 2.36. The molecule has 1 aromatic carbocycles. The molecule has 188 valence electrons. The van der Waals surface area contributed by atoms with Crippen LogP contribution in [-0.2, 0) is 20.9 Å². The Labute approximate surface area is 206 Å². The number of imide groups is 1. The van der Waals surface area contributed by atoms with Crippen LogP contribution in [0, 0.1) is 11.8 Å². The van der Waals surface area contributed by atoms with Crippen molar-refractivity contribution in [3.63, 3.8) is 0 Å². The summed E-state index contributed by atoms with van der Waals surface area (Å²) in [5.41, 5.74) is 1.53. The Morgan fingerprint density at radius 1 is 0.943 bits per heavy atom. The van der Waals surface area contributed by atoms with E-state index in [9.17, 15) is 14.4 Å². The third-order valence-corrected chi connectivity index (χ3v) is 8.79. The molecule has 4 aliphatic heterocycles. The van der Waals surface area contributed by atoms with Crippen LogP contribution in [0.3, 0.4) is 0 Å². The molecule has 1 saturated carbocycles. The first kappa shape index (κ1) is 23.0. The van der Waals surface area contributed by atoms with E-state index in [1.54, 1.807) is 4.90 Å². The lowest BCUT2D eigenvalue weighted by atomic mass is 9.78. The second kappa shape index (κ2) is 9.54. The average Bonchev–Trinajstić information content (AvgIpc) is 3.15. The van der Waals surface area contributed by atoms with E-state index in [0.717, 1.165) is 42.8 Å². The minimum absolute atomic E-state index is 0.142. The molecular formula is C27H35N3O5. The number of ether oxygens (including phenoxy) is 2. The molecule has 4 heterocycles. The Balaban J connectivity index is 1.10. The summed E-state index contributed by atoms with van der Waals surface area (Å²) >= 11 is 0. The van der Waals surface area contributed by atoms with Crippen LogP contribution in [0.5, 0.6) is 5.75 Å². The number of carbonyl (C=O) groups excluding carboxylic acids is 3. The fraction of sp³-hybridized carbons (Fsp3) is 0.667. The molecule has 0 spiro atoms. The molecule has 35 heavy (non-hydrogen) atoms. The van der Waals surface area contributed by atoms with E-state index < -0.39 is 6.04 Å². The quantitative estimate of drug-likeness (QED) is 0.651. The molecule has 6 rings (SSSR count). The highest BCUT2D eigenvalue weighted by atomic mass is 16.5. The predicted octanol–water partition coefficient (Wildman–Crippen LogP) is 2.50. The van der Waals surface area contributed by atoms with Gasteiger partial charge in [-0.2, -0.15) is 0 Å². The SMILES string of the molecule is O=C1CCC(N2Cc3cc(O[C@@H]4CCCC[C@@H]4N4CC(C5CCOCC5)C4)ccc3C2=O)C(=O)N1. The van der Waals surface area contributed by atoms with Crippen molar-refractivity contribution in [3.05, 3.63) is 29.3 Å². The van der Waals surface area contributed by atoms with E-state index in [-0.39, 0.29) is 30.2 Å². The number of carbonyl (C=O) groups is 3. The Morgan fingerprint density at radius 2 is 1.74 bits per heavy atom. The van der Waals surface area contributed by atoms with Gasteiger partial charge in [0.15, 0.2) is 0 Å². The van der Waals surface area contributed by atoms with Crippen molar-refractivity contribution in [3.8, 4) is 5.75 Å². The van der Waals surface area contributed by atoms with Gasteiger partial charge in [0.2, 0.25) is 11.8 Å². The highest BCUT2D eigenvalue weighted by molar-refractivity contribution is 6.05. The van der Waals surface area contributed by atoms with Crippen molar-refractivity contribution >= 4 is 17.7 Å². The lowest BCUT2D eigenvalue weighted by Gasteiger charge is -2.51. The van der Waals surface area contributed by atoms with E-state index >= 15 is 0 Å². The van der Waals surface area contributed by atoms with Gasteiger partial charge in [0.05, 0.1) is 0 Å². The van der Waals surface area contributed by atoms with Crippen molar-refractivity contribution in [1.82, 2.24) is 15.1 Å². The van der Waals surface area contributed by atoms with Crippen LogP contribution in [0.1, 0.15) is 67.3 Å². The molecule has 3 amide bonds. The van der Waals surface area contributed by atoms with Crippen LogP contribution in [-0.4, -0.2) is 72.0 Å². The lowest BCUT2D eigenvalue weighted by Crippen LogP contribution is -2.59. The normalized spacial score (nSPS) is 30.7. The maximum absolute atomic E-state index is 13.0. The molecule has 1 aliphatic carbocycles. The molecule has 5 aliphatic rings. The number of benzene rings is 1. The molecule has 1 unspecified atom stereocenters. The van der Waals surface area contributed by atoms with Crippen molar-refractivity contribution < 1.29 is 23.9 Å². The zero-order chi connectivity index (χ0) is 23.9. The van der Waals surface area contributed by atoms with Crippen LogP contribution in [0.4, 0.5) is 0 Å². The maximum Gasteiger partial charge on any atom is 0.255 e. The summed E-state index contributed by atoms with van der Waals surface area (Å²) in [4.78, 5) is 41.0. The number of hydrogen-bond donors (Lipinski definition) is 1. The number of likely N-dealkylation sites (tertiary alicyclic amines) is 1. The first-order valence-electron chi connectivity index (χ1n) is 13.3. The fourth-order valence-electron chi connectivity index (χ4n) is 6.74. The van der Waals surface area contributed by atoms with E-state index in [1.165, 1.54) is 45.2 Å². The molecule has 8 heteroatoms. The van der Waals surface area contributed by atoms with Gasteiger partial charge in [0.1, 0.15) is 17.9 Å². The van der Waals surface area contributed by atoms with Gasteiger partial charge in [-0.15, -0.1) is 0 Å². The van der Waals surface area contributed by atoms with E-state index in [4.69, 9.17) is 9.47 Å².